The smallest absolute Gasteiger partial charge is 0.505 e. The molecule has 0 saturated carbocycles. The third-order valence-electron chi connectivity index (χ3n) is 1.65. The molecule has 0 radical (unpaired) electrons. The SMILES string of the molecule is O=C(O)c1c(O)cnc(CCl)c1OC(F)(F)F. The first-order valence-electron chi connectivity index (χ1n) is 4.02. The van der Waals surface area contributed by atoms with Crippen LogP contribution < -0.4 is 4.74 Å². The summed E-state index contributed by atoms with van der Waals surface area (Å²) in [6, 6.07) is 0. The Hall–Kier alpha value is -1.70. The third kappa shape index (κ3) is 3.13. The zero-order valence-electron chi connectivity index (χ0n) is 7.95. The summed E-state index contributed by atoms with van der Waals surface area (Å²) in [7, 11) is 0. The number of aromatic carboxylic acids is 1. The van der Waals surface area contributed by atoms with Crippen LogP contribution in [0.5, 0.6) is 11.5 Å². The third-order valence-corrected chi connectivity index (χ3v) is 1.90. The van der Waals surface area contributed by atoms with Crippen LogP contribution in [-0.4, -0.2) is 27.5 Å². The molecule has 2 N–H and O–H groups in total. The summed E-state index contributed by atoms with van der Waals surface area (Å²) in [6.45, 7) is 0. The highest BCUT2D eigenvalue weighted by Gasteiger charge is 2.35. The van der Waals surface area contributed by atoms with E-state index in [1.54, 1.807) is 0 Å². The normalized spacial score (nSPS) is 11.3. The van der Waals surface area contributed by atoms with Gasteiger partial charge in [0.15, 0.2) is 11.5 Å². The molecule has 1 rings (SSSR count). The van der Waals surface area contributed by atoms with Crippen molar-refractivity contribution in [3.63, 3.8) is 0 Å². The van der Waals surface area contributed by atoms with Crippen molar-refractivity contribution in [3.8, 4) is 11.5 Å². The number of halogens is 4. The number of carboxylic acid groups (broad SMARTS) is 1. The molecule has 0 aliphatic rings. The number of nitrogens with zero attached hydrogens (tertiary/aromatic N) is 1. The van der Waals surface area contributed by atoms with E-state index >= 15 is 0 Å². The highest BCUT2D eigenvalue weighted by Crippen LogP contribution is 2.34. The van der Waals surface area contributed by atoms with E-state index in [1.165, 1.54) is 0 Å². The number of aromatic nitrogens is 1. The largest absolute Gasteiger partial charge is 0.573 e. The zero-order valence-corrected chi connectivity index (χ0v) is 8.71. The fourth-order valence-electron chi connectivity index (χ4n) is 1.05. The van der Waals surface area contributed by atoms with Crippen molar-refractivity contribution in [2.75, 3.05) is 0 Å². The highest BCUT2D eigenvalue weighted by atomic mass is 35.5. The van der Waals surface area contributed by atoms with Gasteiger partial charge in [-0.1, -0.05) is 0 Å². The molecule has 0 spiro atoms. The number of pyridine rings is 1. The first kappa shape index (κ1) is 13.4. The number of rotatable bonds is 3. The van der Waals surface area contributed by atoms with Crippen LogP contribution in [0.3, 0.4) is 0 Å². The molecule has 0 aromatic carbocycles. The van der Waals surface area contributed by atoms with Crippen molar-refractivity contribution >= 4 is 17.6 Å². The maximum absolute atomic E-state index is 12.1. The zero-order chi connectivity index (χ0) is 13.2. The molecule has 9 heteroatoms. The molecule has 0 unspecified atom stereocenters. The van der Waals surface area contributed by atoms with Crippen molar-refractivity contribution in [2.24, 2.45) is 0 Å². The molecule has 0 atom stereocenters. The molecule has 17 heavy (non-hydrogen) atoms. The minimum absolute atomic E-state index is 0.431. The fraction of sp³-hybridized carbons (Fsp3) is 0.250. The van der Waals surface area contributed by atoms with Gasteiger partial charge >= 0.3 is 12.3 Å². The lowest BCUT2D eigenvalue weighted by atomic mass is 10.2. The predicted octanol–water partition coefficient (Wildman–Crippen LogP) is 2.12. The summed E-state index contributed by atoms with van der Waals surface area (Å²) in [5, 5.41) is 17.8. The average Bonchev–Trinajstić information content (AvgIpc) is 2.15. The van der Waals surface area contributed by atoms with Gasteiger partial charge in [0.05, 0.1) is 17.8 Å². The molecule has 1 aromatic rings. The van der Waals surface area contributed by atoms with Gasteiger partial charge in [0, 0.05) is 0 Å². The molecule has 0 fully saturated rings. The molecule has 0 aliphatic heterocycles. The van der Waals surface area contributed by atoms with E-state index in [0.717, 1.165) is 0 Å². The summed E-state index contributed by atoms with van der Waals surface area (Å²) in [6.07, 6.45) is -4.43. The van der Waals surface area contributed by atoms with Crippen LogP contribution in [0, 0.1) is 0 Å². The summed E-state index contributed by atoms with van der Waals surface area (Å²) in [5.41, 5.74) is -1.47. The Kier molecular flexibility index (Phi) is 3.66. The topological polar surface area (TPSA) is 79.7 Å². The van der Waals surface area contributed by atoms with Gasteiger partial charge in [-0.15, -0.1) is 24.8 Å². The molecule has 1 aromatic heterocycles. The Balaban J connectivity index is 3.40. The Morgan fingerprint density at radius 1 is 1.53 bits per heavy atom. The molecular weight excluding hydrogens is 267 g/mol. The maximum Gasteiger partial charge on any atom is 0.573 e. The number of hydrogen-bond donors (Lipinski definition) is 2. The van der Waals surface area contributed by atoms with E-state index in [2.05, 4.69) is 9.72 Å². The van der Waals surface area contributed by atoms with Crippen LogP contribution in [0.1, 0.15) is 16.1 Å². The number of alkyl halides is 4. The van der Waals surface area contributed by atoms with Crippen LogP contribution in [0.25, 0.3) is 0 Å². The second-order valence-corrected chi connectivity index (χ2v) is 3.05. The van der Waals surface area contributed by atoms with Gasteiger partial charge in [0.2, 0.25) is 0 Å². The van der Waals surface area contributed by atoms with E-state index in [0.29, 0.717) is 6.20 Å². The van der Waals surface area contributed by atoms with E-state index < -0.39 is 41.0 Å². The number of aromatic hydroxyl groups is 1. The molecule has 0 bridgehead atoms. The second-order valence-electron chi connectivity index (χ2n) is 2.78. The van der Waals surface area contributed by atoms with Crippen LogP contribution in [0.2, 0.25) is 0 Å². The standard InChI is InChI=1S/C8H5ClF3NO4/c9-1-3-6(17-8(10,11)12)5(7(15)16)4(14)2-13-3/h2,14H,1H2,(H,15,16). The van der Waals surface area contributed by atoms with Gasteiger partial charge in [-0.3, -0.25) is 4.98 Å². The number of carbonyl (C=O) groups is 1. The van der Waals surface area contributed by atoms with Crippen molar-refractivity contribution in [1.82, 2.24) is 4.98 Å². The Labute approximate surface area is 97.4 Å². The summed E-state index contributed by atoms with van der Waals surface area (Å²) in [4.78, 5) is 14.1. The Bertz CT molecular complexity index is 449. The van der Waals surface area contributed by atoms with Gasteiger partial charge in [0.1, 0.15) is 5.56 Å². The van der Waals surface area contributed by atoms with Gasteiger partial charge in [0.25, 0.3) is 0 Å². The van der Waals surface area contributed by atoms with Crippen LogP contribution in [-0.2, 0) is 5.88 Å². The van der Waals surface area contributed by atoms with Gasteiger partial charge < -0.3 is 14.9 Å². The second kappa shape index (κ2) is 4.66. The highest BCUT2D eigenvalue weighted by molar-refractivity contribution is 6.17. The lowest BCUT2D eigenvalue weighted by Gasteiger charge is -2.14. The summed E-state index contributed by atoms with van der Waals surface area (Å²) in [5.74, 6) is -4.33. The van der Waals surface area contributed by atoms with Crippen molar-refractivity contribution in [2.45, 2.75) is 12.2 Å². The van der Waals surface area contributed by atoms with Gasteiger partial charge in [-0.05, 0) is 0 Å². The van der Waals surface area contributed by atoms with Crippen molar-refractivity contribution in [1.29, 1.82) is 0 Å². The molecule has 5 nitrogen and oxygen atoms in total. The minimum Gasteiger partial charge on any atom is -0.505 e. The van der Waals surface area contributed by atoms with E-state index in [-0.39, 0.29) is 0 Å². The van der Waals surface area contributed by atoms with Crippen LogP contribution in [0.4, 0.5) is 13.2 Å². The lowest BCUT2D eigenvalue weighted by Crippen LogP contribution is -2.20. The van der Waals surface area contributed by atoms with Crippen LogP contribution >= 0.6 is 11.6 Å². The van der Waals surface area contributed by atoms with E-state index in [9.17, 15) is 18.0 Å². The van der Waals surface area contributed by atoms with Crippen LogP contribution in [0.15, 0.2) is 6.20 Å². The molecule has 0 amide bonds. The average molecular weight is 272 g/mol. The Morgan fingerprint density at radius 3 is 2.53 bits per heavy atom. The number of carboxylic acids is 1. The monoisotopic (exact) mass is 271 g/mol. The van der Waals surface area contributed by atoms with Gasteiger partial charge in [-0.2, -0.15) is 0 Å². The molecule has 1 heterocycles. The first-order valence-corrected chi connectivity index (χ1v) is 4.55. The molecule has 0 aliphatic carbocycles. The molecular formula is C8H5ClF3NO4. The predicted molar refractivity (Wildman–Crippen MR) is 49.1 cm³/mol. The minimum atomic E-state index is -5.11. The molecule has 94 valence electrons. The lowest BCUT2D eigenvalue weighted by molar-refractivity contribution is -0.275. The maximum atomic E-state index is 12.1. The summed E-state index contributed by atoms with van der Waals surface area (Å²) < 4.78 is 39.7. The quantitative estimate of drug-likeness (QED) is 0.823. The fourth-order valence-corrected chi connectivity index (χ4v) is 1.24. The van der Waals surface area contributed by atoms with E-state index in [4.69, 9.17) is 21.8 Å². The molecule has 0 saturated heterocycles. The first-order chi connectivity index (χ1) is 7.76. The summed E-state index contributed by atoms with van der Waals surface area (Å²) >= 11 is 5.31. The number of hydrogen-bond acceptors (Lipinski definition) is 4. The Morgan fingerprint density at radius 2 is 2.12 bits per heavy atom. The van der Waals surface area contributed by atoms with Crippen molar-refractivity contribution < 1.29 is 32.9 Å². The van der Waals surface area contributed by atoms with E-state index in [1.807, 2.05) is 0 Å². The van der Waals surface area contributed by atoms with Crippen molar-refractivity contribution in [3.05, 3.63) is 17.5 Å². The number of ether oxygens (including phenoxy) is 1. The van der Waals surface area contributed by atoms with Gasteiger partial charge in [-0.25, -0.2) is 4.79 Å².